The number of nitrogens with two attached hydrogens (primary N) is 1. The van der Waals surface area contributed by atoms with Crippen molar-refractivity contribution in [1.29, 1.82) is 0 Å². The van der Waals surface area contributed by atoms with Crippen LogP contribution in [-0.2, 0) is 4.74 Å². The van der Waals surface area contributed by atoms with Crippen LogP contribution < -0.4 is 11.1 Å². The topological polar surface area (TPSA) is 84.6 Å². The lowest BCUT2D eigenvalue weighted by atomic mass is 10.1. The second-order valence-electron chi connectivity index (χ2n) is 4.79. The van der Waals surface area contributed by atoms with E-state index in [4.69, 9.17) is 15.6 Å². The van der Waals surface area contributed by atoms with Gasteiger partial charge in [-0.15, -0.1) is 0 Å². The van der Waals surface area contributed by atoms with Crippen LogP contribution in [0.5, 0.6) is 0 Å². The lowest BCUT2D eigenvalue weighted by molar-refractivity contribution is -0.0155. The quantitative estimate of drug-likeness (QED) is 0.679. The fraction of sp³-hybridized carbons (Fsp3) is 0.900. The number of halogens is 2. The van der Waals surface area contributed by atoms with E-state index >= 15 is 0 Å². The van der Waals surface area contributed by atoms with Crippen LogP contribution in [0, 0.1) is 0 Å². The summed E-state index contributed by atoms with van der Waals surface area (Å²) in [6.07, 6.45) is -1.57. The molecule has 1 atom stereocenters. The Bertz CT molecular complexity index is 254. The first-order valence-electron chi connectivity index (χ1n) is 5.28. The van der Waals surface area contributed by atoms with Gasteiger partial charge < -0.3 is 20.9 Å². The molecule has 0 heterocycles. The predicted octanol–water partition coefficient (Wildman–Crippen LogP) is 0.856. The van der Waals surface area contributed by atoms with Gasteiger partial charge in [0, 0.05) is 6.42 Å². The van der Waals surface area contributed by atoms with Gasteiger partial charge in [0.2, 0.25) is 0 Å². The Balaban J connectivity index is 4.27. The number of nitrogens with one attached hydrogen (secondary N) is 1. The highest BCUT2D eigenvalue weighted by Gasteiger charge is 2.32. The minimum Gasteiger partial charge on any atom is -0.444 e. The molecular weight excluding hydrogens is 234 g/mol. The Morgan fingerprint density at radius 1 is 1.47 bits per heavy atom. The van der Waals surface area contributed by atoms with E-state index in [1.807, 2.05) is 0 Å². The molecule has 0 fully saturated rings. The molecule has 17 heavy (non-hydrogen) atoms. The molecule has 0 aliphatic rings. The summed E-state index contributed by atoms with van der Waals surface area (Å²) >= 11 is 0. The van der Waals surface area contributed by atoms with Crippen LogP contribution in [0.15, 0.2) is 0 Å². The van der Waals surface area contributed by atoms with Crippen LogP contribution >= 0.6 is 0 Å². The molecule has 0 aromatic carbocycles. The number of carbonyl (C=O) groups is 1. The largest absolute Gasteiger partial charge is 0.444 e. The van der Waals surface area contributed by atoms with E-state index in [9.17, 15) is 13.6 Å². The summed E-state index contributed by atoms with van der Waals surface area (Å²) in [4.78, 5) is 11.3. The molecule has 0 aliphatic carbocycles. The predicted molar refractivity (Wildman–Crippen MR) is 58.9 cm³/mol. The highest BCUT2D eigenvalue weighted by Crippen LogP contribution is 2.18. The van der Waals surface area contributed by atoms with Gasteiger partial charge in [-0.1, -0.05) is 0 Å². The van der Waals surface area contributed by atoms with Gasteiger partial charge in [0.05, 0.1) is 19.2 Å². The molecule has 0 aromatic rings. The van der Waals surface area contributed by atoms with Crippen molar-refractivity contribution >= 4 is 6.09 Å². The zero-order valence-electron chi connectivity index (χ0n) is 10.3. The minimum atomic E-state index is -3.12. The van der Waals surface area contributed by atoms with Crippen molar-refractivity contribution in [2.45, 2.75) is 44.8 Å². The normalized spacial score (nSPS) is 14.3. The van der Waals surface area contributed by atoms with Crippen molar-refractivity contribution in [1.82, 2.24) is 5.32 Å². The summed E-state index contributed by atoms with van der Waals surface area (Å²) in [5.74, 6) is -3.12. The van der Waals surface area contributed by atoms with E-state index in [1.165, 1.54) is 0 Å². The molecular formula is C10H20F2N2O3. The van der Waals surface area contributed by atoms with E-state index in [0.29, 0.717) is 0 Å². The number of carbonyl (C=O) groups excluding carboxylic acids is 1. The molecule has 0 saturated heterocycles. The number of hydrogen-bond donors (Lipinski definition) is 3. The maximum absolute atomic E-state index is 13.0. The van der Waals surface area contributed by atoms with Gasteiger partial charge in [-0.05, 0) is 20.8 Å². The minimum absolute atomic E-state index is 0.602. The Morgan fingerprint density at radius 3 is 2.35 bits per heavy atom. The van der Waals surface area contributed by atoms with Crippen molar-refractivity contribution < 1.29 is 23.4 Å². The SMILES string of the molecule is CC(C)(C)OC(=O)NC(CO)CC(F)(F)CN. The average Bonchev–Trinajstić information content (AvgIpc) is 2.13. The summed E-state index contributed by atoms with van der Waals surface area (Å²) in [6.45, 7) is 3.51. The first-order chi connectivity index (χ1) is 7.59. The molecule has 7 heteroatoms. The molecule has 5 nitrogen and oxygen atoms in total. The van der Waals surface area contributed by atoms with Crippen LogP contribution in [-0.4, -0.2) is 41.9 Å². The maximum Gasteiger partial charge on any atom is 0.407 e. The van der Waals surface area contributed by atoms with E-state index in [1.54, 1.807) is 20.8 Å². The summed E-state index contributed by atoms with van der Waals surface area (Å²) in [5, 5.41) is 11.1. The highest BCUT2D eigenvalue weighted by atomic mass is 19.3. The molecule has 4 N–H and O–H groups in total. The molecule has 0 spiro atoms. The Morgan fingerprint density at radius 2 is 2.00 bits per heavy atom. The first-order valence-corrected chi connectivity index (χ1v) is 5.28. The third-order valence-corrected chi connectivity index (χ3v) is 1.78. The fourth-order valence-corrected chi connectivity index (χ4v) is 1.08. The molecule has 0 rings (SSSR count). The summed E-state index contributed by atoms with van der Waals surface area (Å²) < 4.78 is 30.8. The molecule has 102 valence electrons. The molecule has 1 amide bonds. The number of aliphatic hydroxyl groups excluding tert-OH is 1. The number of ether oxygens (including phenoxy) is 1. The maximum atomic E-state index is 13.0. The summed E-state index contributed by atoms with van der Waals surface area (Å²) in [5.41, 5.74) is 4.14. The number of alkyl halides is 2. The number of aliphatic hydroxyl groups is 1. The number of hydrogen-bond acceptors (Lipinski definition) is 4. The van der Waals surface area contributed by atoms with E-state index in [-0.39, 0.29) is 0 Å². The van der Waals surface area contributed by atoms with E-state index < -0.39 is 43.2 Å². The Kier molecular flexibility index (Phi) is 5.77. The monoisotopic (exact) mass is 254 g/mol. The van der Waals surface area contributed by atoms with Crippen LogP contribution in [0.25, 0.3) is 0 Å². The smallest absolute Gasteiger partial charge is 0.407 e. The zero-order valence-corrected chi connectivity index (χ0v) is 10.3. The highest BCUT2D eigenvalue weighted by molar-refractivity contribution is 5.68. The Hall–Kier alpha value is -0.950. The van der Waals surface area contributed by atoms with Crippen LogP contribution in [0.2, 0.25) is 0 Å². The van der Waals surface area contributed by atoms with Crippen molar-refractivity contribution in [3.05, 3.63) is 0 Å². The van der Waals surface area contributed by atoms with Gasteiger partial charge in [0.1, 0.15) is 5.60 Å². The first kappa shape index (κ1) is 16.1. The molecule has 1 unspecified atom stereocenters. The summed E-state index contributed by atoms with van der Waals surface area (Å²) in [6, 6.07) is -1.08. The van der Waals surface area contributed by atoms with Gasteiger partial charge in [-0.2, -0.15) is 0 Å². The molecule has 0 bridgehead atoms. The zero-order chi connectivity index (χ0) is 13.7. The lowest BCUT2D eigenvalue weighted by Gasteiger charge is -2.24. The lowest BCUT2D eigenvalue weighted by Crippen LogP contribution is -2.45. The number of rotatable bonds is 5. The van der Waals surface area contributed by atoms with Crippen LogP contribution in [0.1, 0.15) is 27.2 Å². The standard InChI is InChI=1S/C10H20F2N2O3/c1-9(2,3)17-8(16)14-7(5-15)4-10(11,12)6-13/h7,15H,4-6,13H2,1-3H3,(H,14,16). The third kappa shape index (κ3) is 7.87. The second-order valence-corrected chi connectivity index (χ2v) is 4.79. The summed E-state index contributed by atoms with van der Waals surface area (Å²) in [7, 11) is 0. The molecule has 0 aliphatic heterocycles. The van der Waals surface area contributed by atoms with Crippen molar-refractivity contribution in [3.8, 4) is 0 Å². The number of amides is 1. The van der Waals surface area contributed by atoms with Gasteiger partial charge >= 0.3 is 6.09 Å². The Labute approximate surface area is 99.3 Å². The number of alkyl carbamates (subject to hydrolysis) is 1. The van der Waals surface area contributed by atoms with Crippen LogP contribution in [0.4, 0.5) is 13.6 Å². The van der Waals surface area contributed by atoms with E-state index in [2.05, 4.69) is 5.32 Å². The van der Waals surface area contributed by atoms with Crippen molar-refractivity contribution in [3.63, 3.8) is 0 Å². The van der Waals surface area contributed by atoms with Gasteiger partial charge in [0.25, 0.3) is 5.92 Å². The van der Waals surface area contributed by atoms with Gasteiger partial charge in [-0.3, -0.25) is 0 Å². The van der Waals surface area contributed by atoms with Crippen molar-refractivity contribution in [2.75, 3.05) is 13.2 Å². The van der Waals surface area contributed by atoms with E-state index in [0.717, 1.165) is 0 Å². The van der Waals surface area contributed by atoms with Crippen molar-refractivity contribution in [2.24, 2.45) is 5.73 Å². The van der Waals surface area contributed by atoms with Gasteiger partial charge in [-0.25, -0.2) is 13.6 Å². The molecule has 0 radical (unpaired) electrons. The van der Waals surface area contributed by atoms with Gasteiger partial charge in [0.15, 0.2) is 0 Å². The third-order valence-electron chi connectivity index (χ3n) is 1.78. The van der Waals surface area contributed by atoms with Crippen LogP contribution in [0.3, 0.4) is 0 Å². The average molecular weight is 254 g/mol. The molecule has 0 saturated carbocycles. The second kappa shape index (κ2) is 6.11. The molecule has 0 aromatic heterocycles. The fourth-order valence-electron chi connectivity index (χ4n) is 1.08.